The van der Waals surface area contributed by atoms with Gasteiger partial charge in [0, 0.05) is 30.4 Å². The van der Waals surface area contributed by atoms with E-state index in [4.69, 9.17) is 0 Å². The summed E-state index contributed by atoms with van der Waals surface area (Å²) in [6.45, 7) is 5.23. The molecule has 0 saturated carbocycles. The zero-order valence-electron chi connectivity index (χ0n) is 10.3. The fourth-order valence-corrected chi connectivity index (χ4v) is 2.53. The van der Waals surface area contributed by atoms with E-state index in [1.807, 2.05) is 13.0 Å². The summed E-state index contributed by atoms with van der Waals surface area (Å²) in [6.07, 6.45) is 3.70. The molecular formula is C13H18N2O2. The summed E-state index contributed by atoms with van der Waals surface area (Å²) in [5.74, 6) is 0. The maximum Gasteiger partial charge on any atom is 0.269 e. The number of aryl methyl sites for hydroxylation is 1. The average Bonchev–Trinajstić information content (AvgIpc) is 2.30. The van der Waals surface area contributed by atoms with Crippen LogP contribution in [0.3, 0.4) is 0 Å². The number of rotatable bonds is 2. The Labute approximate surface area is 101 Å². The fraction of sp³-hybridized carbons (Fsp3) is 0.538. The zero-order chi connectivity index (χ0) is 12.4. The molecule has 0 aliphatic carbocycles. The monoisotopic (exact) mass is 234 g/mol. The molecule has 0 amide bonds. The van der Waals surface area contributed by atoms with Crippen molar-refractivity contribution in [3.8, 4) is 0 Å². The van der Waals surface area contributed by atoms with Gasteiger partial charge in [0.2, 0.25) is 0 Å². The third-order valence-electron chi connectivity index (χ3n) is 3.50. The molecule has 0 aromatic heterocycles. The molecule has 0 unspecified atom stereocenters. The van der Waals surface area contributed by atoms with Crippen LogP contribution in [0, 0.1) is 17.0 Å². The standard InChI is InChI=1S/C13H18N2O2/c1-10-9-12(15(16)17)6-7-13(10)14-8-4-3-5-11(14)2/h6-7,9,11H,3-5,8H2,1-2H3/t11-/m1/s1. The molecule has 1 aliphatic rings. The van der Waals surface area contributed by atoms with Crippen molar-refractivity contribution in [2.24, 2.45) is 0 Å². The van der Waals surface area contributed by atoms with Gasteiger partial charge in [-0.25, -0.2) is 0 Å². The number of hydrogen-bond donors (Lipinski definition) is 0. The van der Waals surface area contributed by atoms with E-state index in [-0.39, 0.29) is 10.6 Å². The normalized spacial score (nSPS) is 20.4. The third-order valence-corrected chi connectivity index (χ3v) is 3.50. The van der Waals surface area contributed by atoms with E-state index in [2.05, 4.69) is 11.8 Å². The minimum absolute atomic E-state index is 0.177. The van der Waals surface area contributed by atoms with Crippen molar-refractivity contribution in [2.45, 2.75) is 39.2 Å². The minimum Gasteiger partial charge on any atom is -0.369 e. The molecule has 4 heteroatoms. The molecule has 0 radical (unpaired) electrons. The topological polar surface area (TPSA) is 46.4 Å². The molecule has 4 nitrogen and oxygen atoms in total. The van der Waals surface area contributed by atoms with Gasteiger partial charge in [-0.3, -0.25) is 10.1 Å². The van der Waals surface area contributed by atoms with Crippen LogP contribution in [0.15, 0.2) is 18.2 Å². The lowest BCUT2D eigenvalue weighted by Gasteiger charge is -2.36. The Balaban J connectivity index is 2.29. The Hall–Kier alpha value is -1.58. The molecular weight excluding hydrogens is 216 g/mol. The molecule has 1 fully saturated rings. The summed E-state index contributed by atoms with van der Waals surface area (Å²) in [5, 5.41) is 10.7. The van der Waals surface area contributed by atoms with Crippen molar-refractivity contribution in [3.05, 3.63) is 33.9 Å². The predicted molar refractivity (Wildman–Crippen MR) is 68.5 cm³/mol. The van der Waals surface area contributed by atoms with Crippen molar-refractivity contribution >= 4 is 11.4 Å². The number of nitro groups is 1. The van der Waals surface area contributed by atoms with Gasteiger partial charge < -0.3 is 4.90 Å². The number of hydrogen-bond acceptors (Lipinski definition) is 3. The molecule has 1 aromatic carbocycles. The van der Waals surface area contributed by atoms with Gasteiger partial charge >= 0.3 is 0 Å². The van der Waals surface area contributed by atoms with Crippen LogP contribution in [-0.4, -0.2) is 17.5 Å². The van der Waals surface area contributed by atoms with Gasteiger partial charge in [0.1, 0.15) is 0 Å². The zero-order valence-corrected chi connectivity index (χ0v) is 10.3. The predicted octanol–water partition coefficient (Wildman–Crippen LogP) is 3.28. The van der Waals surface area contributed by atoms with E-state index in [0.717, 1.165) is 17.8 Å². The van der Waals surface area contributed by atoms with Crippen molar-refractivity contribution in [1.82, 2.24) is 0 Å². The summed E-state index contributed by atoms with van der Waals surface area (Å²) in [5.41, 5.74) is 2.31. The number of non-ortho nitro benzene ring substituents is 1. The SMILES string of the molecule is Cc1cc([N+](=O)[O-])ccc1N1CCCC[C@H]1C. The Morgan fingerprint density at radius 3 is 2.76 bits per heavy atom. The quantitative estimate of drug-likeness (QED) is 0.582. The highest BCUT2D eigenvalue weighted by atomic mass is 16.6. The smallest absolute Gasteiger partial charge is 0.269 e. The van der Waals surface area contributed by atoms with Crippen molar-refractivity contribution in [1.29, 1.82) is 0 Å². The van der Waals surface area contributed by atoms with Gasteiger partial charge in [-0.15, -0.1) is 0 Å². The van der Waals surface area contributed by atoms with Crippen LogP contribution < -0.4 is 4.90 Å². The van der Waals surface area contributed by atoms with Crippen LogP contribution in [0.5, 0.6) is 0 Å². The molecule has 2 rings (SSSR count). The van der Waals surface area contributed by atoms with Crippen molar-refractivity contribution in [2.75, 3.05) is 11.4 Å². The molecule has 0 spiro atoms. The molecule has 1 heterocycles. The molecule has 0 N–H and O–H groups in total. The summed E-state index contributed by atoms with van der Waals surface area (Å²) in [7, 11) is 0. The van der Waals surface area contributed by atoms with E-state index in [1.54, 1.807) is 12.1 Å². The van der Waals surface area contributed by atoms with Gasteiger partial charge in [-0.2, -0.15) is 0 Å². The highest BCUT2D eigenvalue weighted by molar-refractivity contribution is 5.58. The van der Waals surface area contributed by atoms with Crippen LogP contribution in [0.2, 0.25) is 0 Å². The Morgan fingerprint density at radius 1 is 1.41 bits per heavy atom. The van der Waals surface area contributed by atoms with Crippen LogP contribution >= 0.6 is 0 Å². The number of benzene rings is 1. The largest absolute Gasteiger partial charge is 0.369 e. The van der Waals surface area contributed by atoms with E-state index >= 15 is 0 Å². The minimum atomic E-state index is -0.337. The van der Waals surface area contributed by atoms with Crippen molar-refractivity contribution in [3.63, 3.8) is 0 Å². The Kier molecular flexibility index (Phi) is 3.31. The average molecular weight is 234 g/mol. The maximum absolute atomic E-state index is 10.7. The Morgan fingerprint density at radius 2 is 2.18 bits per heavy atom. The summed E-state index contributed by atoms with van der Waals surface area (Å²) in [4.78, 5) is 12.7. The number of nitro benzene ring substituents is 1. The lowest BCUT2D eigenvalue weighted by molar-refractivity contribution is -0.384. The van der Waals surface area contributed by atoms with Gasteiger partial charge in [0.05, 0.1) is 4.92 Å². The summed E-state index contributed by atoms with van der Waals surface area (Å²) in [6, 6.07) is 5.68. The highest BCUT2D eigenvalue weighted by Crippen LogP contribution is 2.29. The number of piperidine rings is 1. The van der Waals surface area contributed by atoms with Crippen LogP contribution in [-0.2, 0) is 0 Å². The summed E-state index contributed by atoms with van der Waals surface area (Å²) < 4.78 is 0. The first-order valence-electron chi connectivity index (χ1n) is 6.11. The summed E-state index contributed by atoms with van der Waals surface area (Å²) >= 11 is 0. The molecule has 1 saturated heterocycles. The molecule has 1 aliphatic heterocycles. The number of anilines is 1. The Bertz CT molecular complexity index is 431. The third kappa shape index (κ3) is 2.40. The molecule has 1 atom stereocenters. The van der Waals surface area contributed by atoms with Gasteiger partial charge in [-0.05, 0) is 44.7 Å². The van der Waals surface area contributed by atoms with E-state index in [9.17, 15) is 10.1 Å². The van der Waals surface area contributed by atoms with Crippen LogP contribution in [0.25, 0.3) is 0 Å². The van der Waals surface area contributed by atoms with Crippen LogP contribution in [0.4, 0.5) is 11.4 Å². The second-order valence-electron chi connectivity index (χ2n) is 4.77. The van der Waals surface area contributed by atoms with Gasteiger partial charge in [0.25, 0.3) is 5.69 Å². The fourth-order valence-electron chi connectivity index (χ4n) is 2.53. The maximum atomic E-state index is 10.7. The highest BCUT2D eigenvalue weighted by Gasteiger charge is 2.20. The second-order valence-corrected chi connectivity index (χ2v) is 4.77. The first-order chi connectivity index (χ1) is 8.09. The second kappa shape index (κ2) is 4.73. The first-order valence-corrected chi connectivity index (χ1v) is 6.11. The van der Waals surface area contributed by atoms with E-state index < -0.39 is 0 Å². The van der Waals surface area contributed by atoms with E-state index in [1.165, 1.54) is 19.3 Å². The lowest BCUT2D eigenvalue weighted by atomic mass is 10.0. The van der Waals surface area contributed by atoms with Gasteiger partial charge in [0.15, 0.2) is 0 Å². The molecule has 0 bridgehead atoms. The number of nitrogens with zero attached hydrogens (tertiary/aromatic N) is 2. The van der Waals surface area contributed by atoms with Crippen LogP contribution in [0.1, 0.15) is 31.7 Å². The van der Waals surface area contributed by atoms with Crippen molar-refractivity contribution < 1.29 is 4.92 Å². The molecule has 17 heavy (non-hydrogen) atoms. The molecule has 1 aromatic rings. The van der Waals surface area contributed by atoms with E-state index in [0.29, 0.717) is 6.04 Å². The lowest BCUT2D eigenvalue weighted by Crippen LogP contribution is -2.37. The first kappa shape index (κ1) is 11.9. The molecule has 92 valence electrons. The van der Waals surface area contributed by atoms with Gasteiger partial charge in [-0.1, -0.05) is 0 Å².